The SMILES string of the molecule is CNC(C(=O)Nc1ccc(OC(F)F)cc1)c1cnn(C)c1. The van der Waals surface area contributed by atoms with Crippen LogP contribution in [0.1, 0.15) is 11.6 Å². The van der Waals surface area contributed by atoms with Crippen molar-refractivity contribution < 1.29 is 18.3 Å². The minimum atomic E-state index is -2.88. The number of amides is 1. The summed E-state index contributed by atoms with van der Waals surface area (Å²) in [5, 5.41) is 9.62. The molecule has 0 saturated carbocycles. The number of rotatable bonds is 6. The van der Waals surface area contributed by atoms with Crippen LogP contribution < -0.4 is 15.4 Å². The molecule has 0 spiro atoms. The first kappa shape index (κ1) is 15.9. The Balaban J connectivity index is 2.04. The van der Waals surface area contributed by atoms with Gasteiger partial charge in [-0.05, 0) is 31.3 Å². The Morgan fingerprint density at radius 3 is 2.50 bits per heavy atom. The highest BCUT2D eigenvalue weighted by molar-refractivity contribution is 5.95. The van der Waals surface area contributed by atoms with Crippen LogP contribution in [-0.4, -0.2) is 29.3 Å². The molecule has 0 bridgehead atoms. The van der Waals surface area contributed by atoms with Crippen LogP contribution in [0.25, 0.3) is 0 Å². The number of benzene rings is 1. The van der Waals surface area contributed by atoms with Crippen molar-refractivity contribution in [2.75, 3.05) is 12.4 Å². The van der Waals surface area contributed by atoms with Crippen molar-refractivity contribution >= 4 is 11.6 Å². The summed E-state index contributed by atoms with van der Waals surface area (Å²) in [7, 11) is 3.42. The van der Waals surface area contributed by atoms with Gasteiger partial charge in [0.25, 0.3) is 0 Å². The normalized spacial score (nSPS) is 12.2. The Hall–Kier alpha value is -2.48. The number of alkyl halides is 2. The number of aromatic nitrogens is 2. The van der Waals surface area contributed by atoms with Crippen LogP contribution in [0.4, 0.5) is 14.5 Å². The minimum Gasteiger partial charge on any atom is -0.435 e. The number of anilines is 1. The summed E-state index contributed by atoms with van der Waals surface area (Å²) >= 11 is 0. The number of ether oxygens (including phenoxy) is 1. The molecule has 6 nitrogen and oxygen atoms in total. The highest BCUT2D eigenvalue weighted by Gasteiger charge is 2.20. The number of carbonyl (C=O) groups is 1. The van der Waals surface area contributed by atoms with E-state index >= 15 is 0 Å². The fourth-order valence-electron chi connectivity index (χ4n) is 1.97. The second kappa shape index (κ2) is 6.99. The monoisotopic (exact) mass is 310 g/mol. The number of hydrogen-bond donors (Lipinski definition) is 2. The van der Waals surface area contributed by atoms with E-state index in [4.69, 9.17) is 0 Å². The molecule has 1 atom stereocenters. The summed E-state index contributed by atoms with van der Waals surface area (Å²) in [4.78, 5) is 12.3. The van der Waals surface area contributed by atoms with Crippen molar-refractivity contribution in [2.45, 2.75) is 12.7 Å². The summed E-state index contributed by atoms with van der Waals surface area (Å²) in [6.45, 7) is -2.88. The molecule has 22 heavy (non-hydrogen) atoms. The van der Waals surface area contributed by atoms with Crippen LogP contribution in [0.2, 0.25) is 0 Å². The van der Waals surface area contributed by atoms with E-state index in [2.05, 4.69) is 20.5 Å². The number of carbonyl (C=O) groups excluding carboxylic acids is 1. The smallest absolute Gasteiger partial charge is 0.387 e. The van der Waals surface area contributed by atoms with E-state index in [1.165, 1.54) is 24.3 Å². The predicted molar refractivity (Wildman–Crippen MR) is 76.7 cm³/mol. The maximum atomic E-state index is 12.3. The average molecular weight is 310 g/mol. The van der Waals surface area contributed by atoms with Crippen LogP contribution in [0, 0.1) is 0 Å². The fraction of sp³-hybridized carbons (Fsp3) is 0.286. The number of nitrogens with zero attached hydrogens (tertiary/aromatic N) is 2. The molecule has 2 N–H and O–H groups in total. The van der Waals surface area contributed by atoms with Gasteiger partial charge in [-0.1, -0.05) is 0 Å². The predicted octanol–water partition coefficient (Wildman–Crippen LogP) is 1.92. The molecule has 0 fully saturated rings. The summed E-state index contributed by atoms with van der Waals surface area (Å²) < 4.78 is 30.0. The minimum absolute atomic E-state index is 0.0328. The van der Waals surface area contributed by atoms with Crippen molar-refractivity contribution in [3.63, 3.8) is 0 Å². The summed E-state index contributed by atoms with van der Waals surface area (Å²) in [6, 6.07) is 5.14. The second-order valence-corrected chi connectivity index (χ2v) is 4.56. The number of aryl methyl sites for hydroxylation is 1. The van der Waals surface area contributed by atoms with Crippen molar-refractivity contribution in [3.05, 3.63) is 42.2 Å². The van der Waals surface area contributed by atoms with Gasteiger partial charge in [-0.15, -0.1) is 0 Å². The lowest BCUT2D eigenvalue weighted by Crippen LogP contribution is -2.30. The van der Waals surface area contributed by atoms with Crippen LogP contribution in [0.5, 0.6) is 5.75 Å². The largest absolute Gasteiger partial charge is 0.435 e. The van der Waals surface area contributed by atoms with Gasteiger partial charge in [-0.2, -0.15) is 13.9 Å². The van der Waals surface area contributed by atoms with Gasteiger partial charge >= 0.3 is 6.61 Å². The lowest BCUT2D eigenvalue weighted by molar-refractivity contribution is -0.118. The molecule has 0 saturated heterocycles. The molecule has 0 aliphatic heterocycles. The third-order valence-corrected chi connectivity index (χ3v) is 2.96. The maximum Gasteiger partial charge on any atom is 0.387 e. The molecule has 0 aliphatic carbocycles. The highest BCUT2D eigenvalue weighted by Crippen LogP contribution is 2.19. The molecule has 0 radical (unpaired) electrons. The molecule has 1 amide bonds. The van der Waals surface area contributed by atoms with Gasteiger partial charge in [0.1, 0.15) is 11.8 Å². The molecular formula is C14H16F2N4O2. The maximum absolute atomic E-state index is 12.3. The summed E-state index contributed by atoms with van der Waals surface area (Å²) in [6.07, 6.45) is 3.33. The molecule has 1 aromatic carbocycles. The summed E-state index contributed by atoms with van der Waals surface area (Å²) in [5.41, 5.74) is 1.20. The van der Waals surface area contributed by atoms with Crippen molar-refractivity contribution in [3.8, 4) is 5.75 Å². The standard InChI is InChI=1S/C14H16F2N4O2/c1-17-12(9-7-18-20(2)8-9)13(21)19-10-3-5-11(6-4-10)22-14(15)16/h3-8,12,14,17H,1-2H3,(H,19,21). The molecule has 1 aromatic heterocycles. The fourth-order valence-corrected chi connectivity index (χ4v) is 1.97. The van der Waals surface area contributed by atoms with Crippen molar-refractivity contribution in [1.29, 1.82) is 0 Å². The number of halogens is 2. The van der Waals surface area contributed by atoms with E-state index in [9.17, 15) is 13.6 Å². The molecule has 118 valence electrons. The van der Waals surface area contributed by atoms with Gasteiger partial charge < -0.3 is 15.4 Å². The van der Waals surface area contributed by atoms with Crippen molar-refractivity contribution in [1.82, 2.24) is 15.1 Å². The lowest BCUT2D eigenvalue weighted by Gasteiger charge is -2.14. The third kappa shape index (κ3) is 4.01. The van der Waals surface area contributed by atoms with Crippen LogP contribution in [-0.2, 0) is 11.8 Å². The molecular weight excluding hydrogens is 294 g/mol. The Bertz CT molecular complexity index is 628. The Morgan fingerprint density at radius 1 is 1.32 bits per heavy atom. The van der Waals surface area contributed by atoms with E-state index in [0.29, 0.717) is 5.69 Å². The Kier molecular flexibility index (Phi) is 5.05. The van der Waals surface area contributed by atoms with E-state index in [1.807, 2.05) is 0 Å². The van der Waals surface area contributed by atoms with Gasteiger partial charge in [-0.3, -0.25) is 9.48 Å². The molecule has 1 heterocycles. The first-order chi connectivity index (χ1) is 10.5. The van der Waals surface area contributed by atoms with Gasteiger partial charge in [0.2, 0.25) is 5.91 Å². The molecule has 0 aliphatic rings. The molecule has 1 unspecified atom stereocenters. The number of nitrogens with one attached hydrogen (secondary N) is 2. The Labute approximate surface area is 126 Å². The zero-order valence-corrected chi connectivity index (χ0v) is 12.1. The van der Waals surface area contributed by atoms with Crippen molar-refractivity contribution in [2.24, 2.45) is 7.05 Å². The zero-order chi connectivity index (χ0) is 16.1. The van der Waals surface area contributed by atoms with Gasteiger partial charge in [0.15, 0.2) is 0 Å². The van der Waals surface area contributed by atoms with E-state index in [-0.39, 0.29) is 11.7 Å². The quantitative estimate of drug-likeness (QED) is 0.855. The lowest BCUT2D eigenvalue weighted by atomic mass is 10.1. The van der Waals surface area contributed by atoms with E-state index in [1.54, 1.807) is 31.2 Å². The van der Waals surface area contributed by atoms with Gasteiger partial charge in [0.05, 0.1) is 6.20 Å². The first-order valence-corrected chi connectivity index (χ1v) is 6.51. The third-order valence-electron chi connectivity index (χ3n) is 2.96. The number of likely N-dealkylation sites (N-methyl/N-ethyl adjacent to an activating group) is 1. The number of hydrogen-bond acceptors (Lipinski definition) is 4. The summed E-state index contributed by atoms with van der Waals surface area (Å²) in [5.74, 6) is -0.247. The van der Waals surface area contributed by atoms with Gasteiger partial charge in [-0.25, -0.2) is 0 Å². The van der Waals surface area contributed by atoms with E-state index in [0.717, 1.165) is 5.56 Å². The zero-order valence-electron chi connectivity index (χ0n) is 12.1. The van der Waals surface area contributed by atoms with Crippen LogP contribution in [0.15, 0.2) is 36.7 Å². The molecule has 2 rings (SSSR count). The van der Waals surface area contributed by atoms with Gasteiger partial charge in [0, 0.05) is 24.5 Å². The van der Waals surface area contributed by atoms with E-state index < -0.39 is 12.7 Å². The average Bonchev–Trinajstić information content (AvgIpc) is 2.87. The first-order valence-electron chi connectivity index (χ1n) is 6.51. The molecule has 8 heteroatoms. The highest BCUT2D eigenvalue weighted by atomic mass is 19.3. The second-order valence-electron chi connectivity index (χ2n) is 4.56. The van der Waals surface area contributed by atoms with Crippen LogP contribution in [0.3, 0.4) is 0 Å². The topological polar surface area (TPSA) is 68.2 Å². The molecule has 2 aromatic rings. The van der Waals surface area contributed by atoms with Crippen LogP contribution >= 0.6 is 0 Å². The Morgan fingerprint density at radius 2 is 2.00 bits per heavy atom.